The third-order valence-corrected chi connectivity index (χ3v) is 12.7. The number of hydrogen-bond acceptors (Lipinski definition) is 8. The van der Waals surface area contributed by atoms with Gasteiger partial charge in [0.2, 0.25) is 6.41 Å². The van der Waals surface area contributed by atoms with Gasteiger partial charge in [-0.05, 0) is 124 Å². The van der Waals surface area contributed by atoms with E-state index in [1.807, 2.05) is 27.7 Å². The van der Waals surface area contributed by atoms with Gasteiger partial charge in [-0.3, -0.25) is 19.2 Å². The number of rotatable bonds is 41. The van der Waals surface area contributed by atoms with Gasteiger partial charge in [-0.25, -0.2) is 0 Å². The zero-order valence-corrected chi connectivity index (χ0v) is 50.5. The number of carbonyl (C=O) groups excluding carboxylic acids is 4. The van der Waals surface area contributed by atoms with E-state index in [1.165, 1.54) is 174 Å². The fourth-order valence-corrected chi connectivity index (χ4v) is 7.92. The zero-order chi connectivity index (χ0) is 54.7. The Hall–Kier alpha value is -2.16. The van der Waals surface area contributed by atoms with Crippen molar-refractivity contribution in [2.75, 3.05) is 32.8 Å². The van der Waals surface area contributed by atoms with E-state index in [0.29, 0.717) is 19.7 Å². The first-order valence-corrected chi connectivity index (χ1v) is 30.4. The van der Waals surface area contributed by atoms with Crippen LogP contribution in [-0.2, 0) is 33.4 Å². The summed E-state index contributed by atoms with van der Waals surface area (Å²) in [7, 11) is 0. The average molecular weight is 1010 g/mol. The van der Waals surface area contributed by atoms with Crippen LogP contribution < -0.4 is 5.73 Å². The smallest absolute Gasteiger partial charge is 0.311 e. The molecule has 0 spiro atoms. The Bertz CT molecular complexity index is 1060. The summed E-state index contributed by atoms with van der Waals surface area (Å²) < 4.78 is 16.3. The van der Waals surface area contributed by atoms with Crippen molar-refractivity contribution < 1.29 is 33.4 Å². The second kappa shape index (κ2) is 62.1. The highest BCUT2D eigenvalue weighted by Gasteiger charge is 2.31. The van der Waals surface area contributed by atoms with Crippen LogP contribution >= 0.6 is 0 Å². The summed E-state index contributed by atoms with van der Waals surface area (Å²) in [6, 6.07) is 0. The van der Waals surface area contributed by atoms with Crippen LogP contribution in [0.15, 0.2) is 0 Å². The molecule has 1 atom stereocenters. The van der Waals surface area contributed by atoms with Crippen molar-refractivity contribution in [3.63, 3.8) is 0 Å². The number of nitrogens with zero attached hydrogens (tertiary/aromatic N) is 1. The molecule has 9 nitrogen and oxygen atoms in total. The lowest BCUT2D eigenvalue weighted by atomic mass is 9.86. The van der Waals surface area contributed by atoms with E-state index in [-0.39, 0.29) is 29.9 Å². The van der Waals surface area contributed by atoms with E-state index >= 15 is 0 Å². The van der Waals surface area contributed by atoms with Crippen molar-refractivity contribution in [3.05, 3.63) is 0 Å². The van der Waals surface area contributed by atoms with E-state index in [0.717, 1.165) is 76.5 Å². The molecule has 0 saturated carbocycles. The summed E-state index contributed by atoms with van der Waals surface area (Å²) >= 11 is 0. The molecule has 0 aromatic heterocycles. The standard InChI is InChI=1S/C29H57NO2.C22H42O4.2C4H10.C2H6.CH3NO/c1-5-7-9-11-12-16-22-27(21-15-10-8-6-2)32-28(31)29(3,4)23-17-13-14-18-24-30-25-19-20-26-30;1-4-5-6-7-8-9-10-12-16-19-26-21(24)22(2,3)17-14-11-13-15-18-25-20-23;1-4(2)3;1-3-4-2;1-2;2-1-3/h27H,5-26H2,1-4H3;20H,4-19H2,1-3H3;4H,1-3H3;3-4H2,1-2H3;1-2H3;1H,(H2,2,3). The molecule has 0 aliphatic carbocycles. The van der Waals surface area contributed by atoms with Crippen LogP contribution in [0.5, 0.6) is 0 Å². The highest BCUT2D eigenvalue weighted by Crippen LogP contribution is 2.29. The number of unbranched alkanes of at least 4 members (excludes halogenated alkanes) is 23. The molecule has 0 radical (unpaired) electrons. The number of ether oxygens (including phenoxy) is 3. The van der Waals surface area contributed by atoms with Crippen molar-refractivity contribution in [1.82, 2.24) is 4.90 Å². The Morgan fingerprint density at radius 1 is 0.507 bits per heavy atom. The molecule has 1 aliphatic rings. The van der Waals surface area contributed by atoms with Crippen LogP contribution in [0.3, 0.4) is 0 Å². The minimum atomic E-state index is -0.404. The molecule has 71 heavy (non-hydrogen) atoms. The Morgan fingerprint density at radius 2 is 0.845 bits per heavy atom. The van der Waals surface area contributed by atoms with Crippen LogP contribution in [0.25, 0.3) is 0 Å². The summed E-state index contributed by atoms with van der Waals surface area (Å²) in [5.74, 6) is 0.808. The predicted molar refractivity (Wildman–Crippen MR) is 309 cm³/mol. The summed E-state index contributed by atoms with van der Waals surface area (Å²) in [4.78, 5) is 46.4. The average Bonchev–Trinajstić information content (AvgIpc) is 3.87. The second-order valence-electron chi connectivity index (χ2n) is 21.9. The monoisotopic (exact) mass is 1010 g/mol. The lowest BCUT2D eigenvalue weighted by Gasteiger charge is -2.27. The first kappa shape index (κ1) is 77.7. The molecule has 1 rings (SSSR count). The zero-order valence-electron chi connectivity index (χ0n) is 50.5. The van der Waals surface area contributed by atoms with Gasteiger partial charge in [0.25, 0.3) is 6.47 Å². The maximum atomic E-state index is 13.0. The molecular formula is C62H128N2O7. The number of hydrogen-bond donors (Lipinski definition) is 1. The van der Waals surface area contributed by atoms with Crippen LogP contribution in [0, 0.1) is 16.7 Å². The fraction of sp³-hybridized carbons (Fsp3) is 0.935. The molecule has 0 aromatic rings. The van der Waals surface area contributed by atoms with Gasteiger partial charge in [-0.2, -0.15) is 0 Å². The highest BCUT2D eigenvalue weighted by molar-refractivity contribution is 5.76. The van der Waals surface area contributed by atoms with Crippen LogP contribution in [-0.4, -0.2) is 68.7 Å². The molecule has 428 valence electrons. The minimum Gasteiger partial charge on any atom is -0.468 e. The molecule has 0 bridgehead atoms. The summed E-state index contributed by atoms with van der Waals surface area (Å²) in [5.41, 5.74) is 3.41. The quantitative estimate of drug-likeness (QED) is 0.0278. The molecular weight excluding hydrogens is 885 g/mol. The van der Waals surface area contributed by atoms with Crippen LogP contribution in [0.2, 0.25) is 0 Å². The van der Waals surface area contributed by atoms with Gasteiger partial charge in [0.15, 0.2) is 0 Å². The Labute approximate surface area is 444 Å². The Balaban J connectivity index is -0.000000332. The van der Waals surface area contributed by atoms with Gasteiger partial charge < -0.3 is 24.8 Å². The SMILES string of the molecule is CC.CC(C)C.CCCC.CCCCCCCCC(CCCCCC)OC(=O)C(C)(C)CCCCCCN1CCCC1.CCCCCCCCCCCOC(=O)C(C)(C)CCCCCCOC=O.NC=O. The number of nitrogens with two attached hydrogens (primary N) is 1. The van der Waals surface area contributed by atoms with Gasteiger partial charge in [0.05, 0.1) is 24.0 Å². The van der Waals surface area contributed by atoms with Crippen LogP contribution in [0.4, 0.5) is 0 Å². The molecule has 1 saturated heterocycles. The summed E-state index contributed by atoms with van der Waals surface area (Å²) in [6.07, 6.45) is 42.9. The van der Waals surface area contributed by atoms with Gasteiger partial charge in [0, 0.05) is 0 Å². The molecule has 0 aromatic carbocycles. The van der Waals surface area contributed by atoms with Gasteiger partial charge in [-0.1, -0.05) is 223 Å². The van der Waals surface area contributed by atoms with E-state index in [1.54, 1.807) is 0 Å². The van der Waals surface area contributed by atoms with Gasteiger partial charge >= 0.3 is 11.9 Å². The number of primary amides is 1. The third-order valence-electron chi connectivity index (χ3n) is 12.7. The first-order valence-electron chi connectivity index (χ1n) is 30.4. The topological polar surface area (TPSA) is 125 Å². The molecule has 1 fully saturated rings. The number of amides is 1. The Kier molecular flexibility index (Phi) is 68.0. The van der Waals surface area contributed by atoms with E-state index < -0.39 is 5.41 Å². The Morgan fingerprint density at radius 3 is 1.25 bits per heavy atom. The predicted octanol–water partition coefficient (Wildman–Crippen LogP) is 18.5. The fourth-order valence-electron chi connectivity index (χ4n) is 7.92. The van der Waals surface area contributed by atoms with Gasteiger partial charge in [-0.15, -0.1) is 0 Å². The van der Waals surface area contributed by atoms with E-state index in [4.69, 9.17) is 14.3 Å². The highest BCUT2D eigenvalue weighted by atomic mass is 16.5. The summed E-state index contributed by atoms with van der Waals surface area (Å²) in [5, 5.41) is 0. The van der Waals surface area contributed by atoms with Crippen molar-refractivity contribution in [2.45, 2.75) is 328 Å². The second-order valence-corrected chi connectivity index (χ2v) is 21.9. The maximum Gasteiger partial charge on any atom is 0.311 e. The van der Waals surface area contributed by atoms with Crippen molar-refractivity contribution in [2.24, 2.45) is 22.5 Å². The molecule has 1 aliphatic heterocycles. The molecule has 1 amide bonds. The first-order chi connectivity index (χ1) is 34.1. The molecule has 9 heteroatoms. The number of esters is 2. The molecule has 1 unspecified atom stereocenters. The van der Waals surface area contributed by atoms with Crippen molar-refractivity contribution >= 4 is 24.8 Å². The maximum absolute atomic E-state index is 13.0. The largest absolute Gasteiger partial charge is 0.468 e. The molecule has 1 heterocycles. The lowest BCUT2D eigenvalue weighted by Crippen LogP contribution is -2.31. The van der Waals surface area contributed by atoms with Gasteiger partial charge in [0.1, 0.15) is 6.10 Å². The van der Waals surface area contributed by atoms with Crippen LogP contribution in [0.1, 0.15) is 322 Å². The van der Waals surface area contributed by atoms with E-state index in [9.17, 15) is 14.4 Å². The van der Waals surface area contributed by atoms with Crippen molar-refractivity contribution in [3.8, 4) is 0 Å². The van der Waals surface area contributed by atoms with E-state index in [2.05, 4.69) is 84.6 Å². The number of likely N-dealkylation sites (tertiary alicyclic amines) is 1. The van der Waals surface area contributed by atoms with Crippen molar-refractivity contribution in [1.29, 1.82) is 0 Å². The third kappa shape index (κ3) is 63.9. The molecule has 2 N–H and O–H groups in total. The summed E-state index contributed by atoms with van der Waals surface area (Å²) in [6.45, 7) is 35.2. The number of carbonyl (C=O) groups is 4. The normalized spacial score (nSPS) is 12.5. The lowest BCUT2D eigenvalue weighted by molar-refractivity contribution is -0.161. The minimum absolute atomic E-state index is 0.0426.